The van der Waals surface area contributed by atoms with Crippen molar-refractivity contribution >= 4 is 18.0 Å². The van der Waals surface area contributed by atoms with Crippen molar-refractivity contribution in [3.8, 4) is 11.5 Å². The van der Waals surface area contributed by atoms with E-state index in [1.54, 1.807) is 50.6 Å². The van der Waals surface area contributed by atoms with Crippen LogP contribution in [-0.4, -0.2) is 38.3 Å². The molecule has 2 rings (SSSR count). The fraction of sp³-hybridized carbons (Fsp3) is 0.286. The minimum atomic E-state index is -0.720. The van der Waals surface area contributed by atoms with E-state index in [2.05, 4.69) is 15.8 Å². The van der Waals surface area contributed by atoms with Gasteiger partial charge in [-0.15, -0.1) is 0 Å². The van der Waals surface area contributed by atoms with Crippen LogP contribution in [0.25, 0.3) is 0 Å². The van der Waals surface area contributed by atoms with Crippen LogP contribution in [-0.2, 0) is 4.79 Å². The molecule has 28 heavy (non-hydrogen) atoms. The summed E-state index contributed by atoms with van der Waals surface area (Å²) < 4.78 is 10.2. The fourth-order valence-electron chi connectivity index (χ4n) is 2.43. The summed E-state index contributed by atoms with van der Waals surface area (Å²) in [7, 11) is 3.15. The van der Waals surface area contributed by atoms with Gasteiger partial charge in [0.2, 0.25) is 0 Å². The van der Waals surface area contributed by atoms with Gasteiger partial charge in [-0.2, -0.15) is 5.10 Å². The summed E-state index contributed by atoms with van der Waals surface area (Å²) in [5.41, 5.74) is 3.74. The van der Waals surface area contributed by atoms with Crippen molar-refractivity contribution in [1.82, 2.24) is 10.7 Å². The Morgan fingerprint density at radius 1 is 0.929 bits per heavy atom. The Bertz CT molecular complexity index is 815. The molecule has 2 amide bonds. The Balaban J connectivity index is 1.98. The van der Waals surface area contributed by atoms with Crippen molar-refractivity contribution in [1.29, 1.82) is 0 Å². The summed E-state index contributed by atoms with van der Waals surface area (Å²) in [5, 5.41) is 6.72. The molecular weight excluding hydrogens is 358 g/mol. The second-order valence-corrected chi connectivity index (χ2v) is 6.43. The average Bonchev–Trinajstić information content (AvgIpc) is 2.72. The Hall–Kier alpha value is -3.35. The fourth-order valence-corrected chi connectivity index (χ4v) is 2.43. The van der Waals surface area contributed by atoms with Gasteiger partial charge in [-0.1, -0.05) is 13.8 Å². The number of hydrogen-bond donors (Lipinski definition) is 2. The maximum atomic E-state index is 12.5. The Morgan fingerprint density at radius 3 is 1.96 bits per heavy atom. The van der Waals surface area contributed by atoms with E-state index in [0.717, 1.165) is 11.3 Å². The molecule has 7 heteroatoms. The molecule has 0 aliphatic heterocycles. The maximum Gasteiger partial charge on any atom is 0.262 e. The lowest BCUT2D eigenvalue weighted by Gasteiger charge is -2.20. The third kappa shape index (κ3) is 5.84. The standard InChI is InChI=1S/C21H25N3O4/c1-14(2)19(23-20(25)16-7-11-18(28-4)12-8-16)21(26)24-22-13-15-5-9-17(27-3)10-6-15/h5-14,19H,1-4H3,(H,23,25)(H,24,26). The van der Waals surface area contributed by atoms with Crippen molar-refractivity contribution in [2.45, 2.75) is 19.9 Å². The smallest absolute Gasteiger partial charge is 0.262 e. The Morgan fingerprint density at radius 2 is 1.46 bits per heavy atom. The summed E-state index contributed by atoms with van der Waals surface area (Å²) in [6.45, 7) is 3.71. The number of carbonyl (C=O) groups is 2. The highest BCUT2D eigenvalue weighted by Gasteiger charge is 2.24. The van der Waals surface area contributed by atoms with Crippen LogP contribution >= 0.6 is 0 Å². The van der Waals surface area contributed by atoms with Crippen LogP contribution in [0.5, 0.6) is 11.5 Å². The SMILES string of the molecule is COc1ccc(C=NNC(=O)C(NC(=O)c2ccc(OC)cc2)C(C)C)cc1. The van der Waals surface area contributed by atoms with Crippen LogP contribution in [0.1, 0.15) is 29.8 Å². The number of ether oxygens (including phenoxy) is 2. The number of amides is 2. The highest BCUT2D eigenvalue weighted by molar-refractivity contribution is 5.97. The van der Waals surface area contributed by atoms with E-state index in [1.165, 1.54) is 6.21 Å². The van der Waals surface area contributed by atoms with Crippen molar-refractivity contribution in [2.24, 2.45) is 11.0 Å². The van der Waals surface area contributed by atoms with Crippen molar-refractivity contribution < 1.29 is 19.1 Å². The number of hydrogen-bond acceptors (Lipinski definition) is 5. The lowest BCUT2D eigenvalue weighted by atomic mass is 10.0. The summed E-state index contributed by atoms with van der Waals surface area (Å²) in [6, 6.07) is 13.2. The second-order valence-electron chi connectivity index (χ2n) is 6.43. The third-order valence-electron chi connectivity index (χ3n) is 4.09. The first-order chi connectivity index (χ1) is 13.4. The summed E-state index contributed by atoms with van der Waals surface area (Å²) >= 11 is 0. The highest BCUT2D eigenvalue weighted by atomic mass is 16.5. The lowest BCUT2D eigenvalue weighted by Crippen LogP contribution is -2.48. The number of hydrazone groups is 1. The van der Waals surface area contributed by atoms with Crippen LogP contribution in [0.15, 0.2) is 53.6 Å². The molecule has 0 radical (unpaired) electrons. The molecule has 0 spiro atoms. The molecule has 2 aromatic rings. The summed E-state index contributed by atoms with van der Waals surface area (Å²) in [4.78, 5) is 24.9. The van der Waals surface area contributed by atoms with Gasteiger partial charge in [0.05, 0.1) is 20.4 Å². The first kappa shape index (κ1) is 21.0. The van der Waals surface area contributed by atoms with Crippen molar-refractivity contribution in [3.63, 3.8) is 0 Å². The summed E-state index contributed by atoms with van der Waals surface area (Å²) in [6.07, 6.45) is 1.53. The molecule has 0 fully saturated rings. The second kappa shape index (κ2) is 10.1. The molecule has 2 aromatic carbocycles. The average molecular weight is 383 g/mol. The zero-order valence-corrected chi connectivity index (χ0v) is 16.4. The minimum absolute atomic E-state index is 0.113. The zero-order chi connectivity index (χ0) is 20.5. The van der Waals surface area contributed by atoms with Crippen LogP contribution in [0, 0.1) is 5.92 Å². The molecule has 0 saturated carbocycles. The molecule has 0 aromatic heterocycles. The molecule has 0 aliphatic rings. The molecule has 148 valence electrons. The molecule has 1 unspecified atom stereocenters. The largest absolute Gasteiger partial charge is 0.497 e. The number of rotatable bonds is 8. The van der Waals surface area contributed by atoms with Gasteiger partial charge in [-0.05, 0) is 60.0 Å². The normalized spacial score (nSPS) is 11.9. The molecule has 0 saturated heterocycles. The van der Waals surface area contributed by atoms with E-state index in [0.29, 0.717) is 11.3 Å². The highest BCUT2D eigenvalue weighted by Crippen LogP contribution is 2.12. The van der Waals surface area contributed by atoms with E-state index in [-0.39, 0.29) is 17.7 Å². The number of nitrogens with one attached hydrogen (secondary N) is 2. The first-order valence-electron chi connectivity index (χ1n) is 8.86. The van der Waals surface area contributed by atoms with Crippen LogP contribution in [0.3, 0.4) is 0 Å². The lowest BCUT2D eigenvalue weighted by molar-refractivity contribution is -0.123. The van der Waals surface area contributed by atoms with Gasteiger partial charge in [0.15, 0.2) is 0 Å². The third-order valence-corrected chi connectivity index (χ3v) is 4.09. The molecule has 1 atom stereocenters. The minimum Gasteiger partial charge on any atom is -0.497 e. The topological polar surface area (TPSA) is 89.0 Å². The molecule has 0 bridgehead atoms. The van der Waals surface area contributed by atoms with Crippen molar-refractivity contribution in [2.75, 3.05) is 14.2 Å². The van der Waals surface area contributed by atoms with E-state index in [9.17, 15) is 9.59 Å². The quantitative estimate of drug-likeness (QED) is 0.542. The Kier molecular flexibility index (Phi) is 7.56. The van der Waals surface area contributed by atoms with Gasteiger partial charge in [-0.25, -0.2) is 5.43 Å². The zero-order valence-electron chi connectivity index (χ0n) is 16.4. The van der Waals surface area contributed by atoms with Gasteiger partial charge in [0, 0.05) is 5.56 Å². The van der Waals surface area contributed by atoms with Gasteiger partial charge < -0.3 is 14.8 Å². The van der Waals surface area contributed by atoms with Crippen LogP contribution in [0.4, 0.5) is 0 Å². The van der Waals surface area contributed by atoms with E-state index in [1.807, 2.05) is 26.0 Å². The molecule has 7 nitrogen and oxygen atoms in total. The predicted molar refractivity (Wildman–Crippen MR) is 108 cm³/mol. The van der Waals surface area contributed by atoms with Crippen molar-refractivity contribution in [3.05, 3.63) is 59.7 Å². The first-order valence-corrected chi connectivity index (χ1v) is 8.86. The number of nitrogens with zero attached hydrogens (tertiary/aromatic N) is 1. The number of benzene rings is 2. The van der Waals surface area contributed by atoms with Gasteiger partial charge in [0.1, 0.15) is 17.5 Å². The van der Waals surface area contributed by atoms with E-state index >= 15 is 0 Å². The molecular formula is C21H25N3O4. The molecule has 0 aliphatic carbocycles. The molecule has 0 heterocycles. The molecule has 2 N–H and O–H groups in total. The maximum absolute atomic E-state index is 12.5. The van der Waals surface area contributed by atoms with Gasteiger partial charge in [-0.3, -0.25) is 9.59 Å². The predicted octanol–water partition coefficient (Wildman–Crippen LogP) is 2.61. The van der Waals surface area contributed by atoms with Crippen LogP contribution in [0.2, 0.25) is 0 Å². The monoisotopic (exact) mass is 383 g/mol. The summed E-state index contributed by atoms with van der Waals surface area (Å²) in [5.74, 6) is 0.556. The van der Waals surface area contributed by atoms with Gasteiger partial charge >= 0.3 is 0 Å². The van der Waals surface area contributed by atoms with Gasteiger partial charge in [0.25, 0.3) is 11.8 Å². The number of carbonyl (C=O) groups excluding carboxylic acids is 2. The van der Waals surface area contributed by atoms with Crippen LogP contribution < -0.4 is 20.2 Å². The van der Waals surface area contributed by atoms with E-state index in [4.69, 9.17) is 9.47 Å². The van der Waals surface area contributed by atoms with E-state index < -0.39 is 6.04 Å². The number of methoxy groups -OCH3 is 2. The Labute approximate surface area is 164 Å².